The van der Waals surface area contributed by atoms with Crippen molar-refractivity contribution in [2.45, 2.75) is 0 Å². The van der Waals surface area contributed by atoms with Crippen LogP contribution >= 0.6 is 0 Å². The first-order valence-electron chi connectivity index (χ1n) is 17.2. The average molecular weight is 637 g/mol. The molecule has 2 nitrogen and oxygen atoms in total. The lowest BCUT2D eigenvalue weighted by Crippen LogP contribution is -2.10. The molecule has 0 saturated heterocycles. The number of para-hydroxylation sites is 3. The maximum Gasteiger partial charge on any atom is 0.0561 e. The van der Waals surface area contributed by atoms with Crippen molar-refractivity contribution in [1.82, 2.24) is 4.57 Å². The van der Waals surface area contributed by atoms with Gasteiger partial charge < -0.3 is 9.47 Å². The van der Waals surface area contributed by atoms with Gasteiger partial charge in [-0.1, -0.05) is 133 Å². The predicted octanol–water partition coefficient (Wildman–Crippen LogP) is 13.4. The second-order valence-corrected chi connectivity index (χ2v) is 13.0. The molecule has 0 N–H and O–H groups in total. The molecule has 0 saturated carbocycles. The zero-order chi connectivity index (χ0) is 33.0. The minimum atomic E-state index is 1.11. The van der Waals surface area contributed by atoms with Gasteiger partial charge in [-0.05, 0) is 104 Å². The van der Waals surface area contributed by atoms with Crippen molar-refractivity contribution in [2.24, 2.45) is 0 Å². The van der Waals surface area contributed by atoms with E-state index in [0.29, 0.717) is 0 Å². The van der Waals surface area contributed by atoms with Crippen LogP contribution in [0.5, 0.6) is 0 Å². The van der Waals surface area contributed by atoms with Gasteiger partial charge in [0.1, 0.15) is 0 Å². The molecule has 0 fully saturated rings. The van der Waals surface area contributed by atoms with E-state index in [-0.39, 0.29) is 0 Å². The van der Waals surface area contributed by atoms with E-state index in [0.717, 1.165) is 22.7 Å². The molecule has 234 valence electrons. The van der Waals surface area contributed by atoms with Crippen molar-refractivity contribution >= 4 is 71.2 Å². The number of rotatable bonds is 5. The molecule has 0 aliphatic rings. The highest BCUT2D eigenvalue weighted by Gasteiger charge is 2.18. The van der Waals surface area contributed by atoms with Gasteiger partial charge in [0.15, 0.2) is 0 Å². The highest BCUT2D eigenvalue weighted by atomic mass is 15.1. The molecule has 0 aliphatic carbocycles. The van der Waals surface area contributed by atoms with E-state index in [4.69, 9.17) is 0 Å². The fraction of sp³-hybridized carbons (Fsp3) is 0. The molecule has 0 spiro atoms. The average Bonchev–Trinajstić information content (AvgIpc) is 3.52. The van der Waals surface area contributed by atoms with Crippen LogP contribution in [-0.2, 0) is 0 Å². The lowest BCUT2D eigenvalue weighted by Gasteiger charge is -2.26. The number of aromatic nitrogens is 1. The number of nitrogens with zero attached hydrogens (tertiary/aromatic N) is 2. The van der Waals surface area contributed by atoms with Gasteiger partial charge in [0.05, 0.1) is 11.0 Å². The standard InChI is InChI=1S/C48H32N2/c1-3-14-35(15-4-1)49(38-28-30-44-43-21-11-12-22-47(43)50(48(44)31-38)36-16-5-2-6-17-36)37-26-23-34(24-27-37)45-32-46-39-18-8-7-13-33(39)25-29-42(46)40-19-9-10-20-41(40)45/h1-32H. The molecule has 9 aromatic carbocycles. The zero-order valence-electron chi connectivity index (χ0n) is 27.4. The SMILES string of the molecule is c1ccc(N(c2ccc(-c3cc4c5ccccc5ccc4c4ccccc34)cc2)c2ccc3c4ccccc4n(-c4ccccc4)c3c2)cc1. The van der Waals surface area contributed by atoms with Gasteiger partial charge in [-0.15, -0.1) is 0 Å². The fourth-order valence-electron chi connectivity index (χ4n) is 7.87. The van der Waals surface area contributed by atoms with Crippen LogP contribution in [-0.4, -0.2) is 4.57 Å². The minimum Gasteiger partial charge on any atom is -0.310 e. The van der Waals surface area contributed by atoms with Crippen LogP contribution in [0.4, 0.5) is 17.1 Å². The van der Waals surface area contributed by atoms with Crippen LogP contribution in [0.2, 0.25) is 0 Å². The first-order valence-corrected chi connectivity index (χ1v) is 17.2. The van der Waals surface area contributed by atoms with E-state index in [9.17, 15) is 0 Å². The third-order valence-corrected chi connectivity index (χ3v) is 10.1. The van der Waals surface area contributed by atoms with Crippen molar-refractivity contribution in [3.8, 4) is 16.8 Å². The van der Waals surface area contributed by atoms with E-state index in [2.05, 4.69) is 204 Å². The predicted molar refractivity (Wildman–Crippen MR) is 213 cm³/mol. The van der Waals surface area contributed by atoms with Gasteiger partial charge >= 0.3 is 0 Å². The maximum absolute atomic E-state index is 2.39. The Kier molecular flexibility index (Phi) is 6.53. The summed E-state index contributed by atoms with van der Waals surface area (Å²) in [6.07, 6.45) is 0. The smallest absolute Gasteiger partial charge is 0.0561 e. The topological polar surface area (TPSA) is 8.17 Å². The third kappa shape index (κ3) is 4.50. The monoisotopic (exact) mass is 636 g/mol. The Morgan fingerprint density at radius 3 is 1.68 bits per heavy atom. The molecule has 1 heterocycles. The third-order valence-electron chi connectivity index (χ3n) is 10.1. The number of anilines is 3. The van der Waals surface area contributed by atoms with E-state index in [1.807, 2.05) is 0 Å². The lowest BCUT2D eigenvalue weighted by atomic mass is 9.91. The molecule has 0 unspecified atom stereocenters. The van der Waals surface area contributed by atoms with Crippen molar-refractivity contribution in [2.75, 3.05) is 4.90 Å². The van der Waals surface area contributed by atoms with Crippen LogP contribution in [0, 0.1) is 0 Å². The summed E-state index contributed by atoms with van der Waals surface area (Å²) in [5.41, 5.74) is 9.32. The minimum absolute atomic E-state index is 1.11. The van der Waals surface area contributed by atoms with Gasteiger partial charge in [0.2, 0.25) is 0 Å². The molecule has 0 aliphatic heterocycles. The van der Waals surface area contributed by atoms with Crippen LogP contribution in [0.15, 0.2) is 194 Å². The summed E-state index contributed by atoms with van der Waals surface area (Å²) >= 11 is 0. The van der Waals surface area contributed by atoms with Crippen LogP contribution in [0.1, 0.15) is 0 Å². The Balaban J connectivity index is 1.15. The molecule has 0 bridgehead atoms. The van der Waals surface area contributed by atoms with Crippen molar-refractivity contribution in [3.05, 3.63) is 194 Å². The molecule has 50 heavy (non-hydrogen) atoms. The zero-order valence-corrected chi connectivity index (χ0v) is 27.4. The van der Waals surface area contributed by atoms with Gasteiger partial charge in [0.25, 0.3) is 0 Å². The van der Waals surface area contributed by atoms with E-state index in [1.54, 1.807) is 0 Å². The molecule has 10 rings (SSSR count). The highest BCUT2D eigenvalue weighted by Crippen LogP contribution is 2.42. The molecule has 0 amide bonds. The second kappa shape index (κ2) is 11.5. The quantitative estimate of drug-likeness (QED) is 0.171. The lowest BCUT2D eigenvalue weighted by molar-refractivity contribution is 1.18. The van der Waals surface area contributed by atoms with Gasteiger partial charge in [0, 0.05) is 33.5 Å². The van der Waals surface area contributed by atoms with Crippen LogP contribution in [0.25, 0.3) is 70.9 Å². The van der Waals surface area contributed by atoms with Gasteiger partial charge in [-0.2, -0.15) is 0 Å². The summed E-state index contributed by atoms with van der Waals surface area (Å²) in [5, 5.41) is 10.2. The number of hydrogen-bond acceptors (Lipinski definition) is 1. The Labute approximate surface area is 290 Å². The Bertz CT molecular complexity index is 2850. The van der Waals surface area contributed by atoms with Crippen LogP contribution in [0.3, 0.4) is 0 Å². The Hall–Kier alpha value is -6.64. The largest absolute Gasteiger partial charge is 0.310 e. The number of benzene rings is 9. The summed E-state index contributed by atoms with van der Waals surface area (Å²) in [6.45, 7) is 0. The fourth-order valence-corrected chi connectivity index (χ4v) is 7.87. The van der Waals surface area contributed by atoms with E-state index in [1.165, 1.54) is 65.3 Å². The summed E-state index contributed by atoms with van der Waals surface area (Å²) in [6, 6.07) is 70.4. The van der Waals surface area contributed by atoms with Gasteiger partial charge in [-0.3, -0.25) is 0 Å². The van der Waals surface area contributed by atoms with Gasteiger partial charge in [-0.25, -0.2) is 0 Å². The normalized spacial score (nSPS) is 11.6. The summed E-state index contributed by atoms with van der Waals surface area (Å²) < 4.78 is 2.38. The van der Waals surface area contributed by atoms with Crippen molar-refractivity contribution in [3.63, 3.8) is 0 Å². The molecule has 1 aromatic heterocycles. The Morgan fingerprint density at radius 1 is 0.320 bits per heavy atom. The first kappa shape index (κ1) is 28.4. The molecule has 0 radical (unpaired) electrons. The molecular weight excluding hydrogens is 605 g/mol. The first-order chi connectivity index (χ1) is 24.8. The molecular formula is C48H32N2. The van der Waals surface area contributed by atoms with Crippen molar-refractivity contribution in [1.29, 1.82) is 0 Å². The molecule has 10 aromatic rings. The summed E-state index contributed by atoms with van der Waals surface area (Å²) in [4.78, 5) is 2.36. The number of hydrogen-bond donors (Lipinski definition) is 0. The molecule has 2 heteroatoms. The Morgan fingerprint density at radius 2 is 0.880 bits per heavy atom. The van der Waals surface area contributed by atoms with Crippen molar-refractivity contribution < 1.29 is 0 Å². The van der Waals surface area contributed by atoms with E-state index >= 15 is 0 Å². The van der Waals surface area contributed by atoms with E-state index < -0.39 is 0 Å². The summed E-state index contributed by atoms with van der Waals surface area (Å²) in [7, 11) is 0. The molecule has 0 atom stereocenters. The second-order valence-electron chi connectivity index (χ2n) is 13.0. The van der Waals surface area contributed by atoms with Crippen LogP contribution < -0.4 is 4.90 Å². The maximum atomic E-state index is 2.39. The highest BCUT2D eigenvalue weighted by molar-refractivity contribution is 6.21. The summed E-state index contributed by atoms with van der Waals surface area (Å²) in [5.74, 6) is 0. The number of fused-ring (bicyclic) bond motifs is 8.